The van der Waals surface area contributed by atoms with Crippen LogP contribution in [0.5, 0.6) is 0 Å². The van der Waals surface area contributed by atoms with Gasteiger partial charge in [-0.25, -0.2) is 9.29 Å². The Kier molecular flexibility index (Phi) is 5.86. The first kappa shape index (κ1) is 20.8. The van der Waals surface area contributed by atoms with Gasteiger partial charge in [0.2, 0.25) is 0 Å². The Hall–Kier alpha value is -3.45. The highest BCUT2D eigenvalue weighted by Gasteiger charge is 2.40. The zero-order chi connectivity index (χ0) is 22.0. The molecule has 0 aliphatic carbocycles. The molecule has 0 fully saturated rings. The van der Waals surface area contributed by atoms with E-state index in [1.165, 1.54) is 35.6 Å². The van der Waals surface area contributed by atoms with Crippen molar-refractivity contribution < 1.29 is 14.0 Å². The third-order valence-electron chi connectivity index (χ3n) is 5.20. The molecule has 0 unspecified atom stereocenters. The molecule has 4 rings (SSSR count). The number of benzene rings is 2. The molecule has 0 atom stereocenters. The maximum absolute atomic E-state index is 13.4. The summed E-state index contributed by atoms with van der Waals surface area (Å²) in [5.74, 6) is -1.32. The van der Waals surface area contributed by atoms with Crippen molar-refractivity contribution in [1.29, 1.82) is 0 Å². The molecule has 5 nitrogen and oxygen atoms in total. The van der Waals surface area contributed by atoms with E-state index in [1.54, 1.807) is 0 Å². The average molecular weight is 436 g/mol. The molecule has 1 aliphatic rings. The number of anilines is 3. The Morgan fingerprint density at radius 1 is 0.935 bits per heavy atom. The maximum atomic E-state index is 13.4. The van der Waals surface area contributed by atoms with Crippen molar-refractivity contribution in [3.05, 3.63) is 82.4 Å². The molecular weight excluding hydrogens is 413 g/mol. The molecule has 1 N–H and O–H groups in total. The summed E-state index contributed by atoms with van der Waals surface area (Å²) in [7, 11) is 0. The van der Waals surface area contributed by atoms with Gasteiger partial charge in [0.15, 0.2) is 0 Å². The van der Waals surface area contributed by atoms with Gasteiger partial charge in [-0.1, -0.05) is 6.07 Å². The summed E-state index contributed by atoms with van der Waals surface area (Å²) in [6, 6.07) is 16.7. The first-order valence-corrected chi connectivity index (χ1v) is 11.0. The topological polar surface area (TPSA) is 52.7 Å². The molecule has 158 valence electrons. The summed E-state index contributed by atoms with van der Waals surface area (Å²) >= 11 is 1.39. The van der Waals surface area contributed by atoms with Gasteiger partial charge < -0.3 is 10.2 Å². The molecule has 3 aromatic rings. The van der Waals surface area contributed by atoms with Gasteiger partial charge in [0.1, 0.15) is 11.5 Å². The third-order valence-corrected chi connectivity index (χ3v) is 6.09. The summed E-state index contributed by atoms with van der Waals surface area (Å²) in [5.41, 5.74) is 2.66. The van der Waals surface area contributed by atoms with Gasteiger partial charge in [0, 0.05) is 29.3 Å². The summed E-state index contributed by atoms with van der Waals surface area (Å²) in [6.07, 6.45) is 0. The Morgan fingerprint density at radius 3 is 2.19 bits per heavy atom. The number of thiophene rings is 1. The van der Waals surface area contributed by atoms with Gasteiger partial charge in [0.05, 0.1) is 11.3 Å². The van der Waals surface area contributed by atoms with Crippen LogP contribution in [0.3, 0.4) is 0 Å². The fraction of sp³-hybridized carbons (Fsp3) is 0.167. The number of hydrogen-bond acceptors (Lipinski definition) is 5. The van der Waals surface area contributed by atoms with Crippen LogP contribution in [0, 0.1) is 5.82 Å². The molecule has 0 spiro atoms. The molecule has 0 saturated carbocycles. The molecule has 31 heavy (non-hydrogen) atoms. The quantitative estimate of drug-likeness (QED) is 0.523. The molecular formula is C24H22FN3O2S. The van der Waals surface area contributed by atoms with E-state index in [0.717, 1.165) is 23.7 Å². The van der Waals surface area contributed by atoms with E-state index in [-0.39, 0.29) is 5.70 Å². The minimum Gasteiger partial charge on any atom is -0.372 e. The SMILES string of the molecule is CCN(CC)c1ccc(NC2=C(c3cccs3)C(=O)N(c3ccc(F)cc3)C2=O)cc1. The molecule has 7 heteroatoms. The largest absolute Gasteiger partial charge is 0.372 e. The van der Waals surface area contributed by atoms with E-state index >= 15 is 0 Å². The highest BCUT2D eigenvalue weighted by atomic mass is 32.1. The van der Waals surface area contributed by atoms with Crippen LogP contribution in [0.15, 0.2) is 71.7 Å². The van der Waals surface area contributed by atoms with E-state index in [9.17, 15) is 14.0 Å². The standard InChI is InChI=1S/C24H22FN3O2S/c1-3-27(4-2)18-13-9-17(10-14-18)26-22-21(20-6-5-15-31-20)23(29)28(24(22)30)19-11-7-16(25)8-12-19/h5-15,26H,3-4H2,1-2H3. The van der Waals surface area contributed by atoms with E-state index in [1.807, 2.05) is 41.8 Å². The van der Waals surface area contributed by atoms with Crippen molar-refractivity contribution in [2.45, 2.75) is 13.8 Å². The average Bonchev–Trinajstić information content (AvgIpc) is 3.38. The Bertz CT molecular complexity index is 1120. The molecule has 1 aliphatic heterocycles. The van der Waals surface area contributed by atoms with E-state index in [4.69, 9.17) is 0 Å². The van der Waals surface area contributed by atoms with Crippen LogP contribution in [-0.2, 0) is 9.59 Å². The lowest BCUT2D eigenvalue weighted by Crippen LogP contribution is -2.32. The third kappa shape index (κ3) is 3.96. The lowest BCUT2D eigenvalue weighted by atomic mass is 10.1. The Balaban J connectivity index is 1.70. The molecule has 2 aromatic carbocycles. The molecule has 1 aromatic heterocycles. The zero-order valence-corrected chi connectivity index (χ0v) is 18.1. The molecule has 0 bridgehead atoms. The van der Waals surface area contributed by atoms with Crippen LogP contribution in [0.4, 0.5) is 21.5 Å². The van der Waals surface area contributed by atoms with Crippen LogP contribution >= 0.6 is 11.3 Å². The van der Waals surface area contributed by atoms with Crippen LogP contribution in [0.2, 0.25) is 0 Å². The number of halogens is 1. The molecule has 2 amide bonds. The second-order valence-corrected chi connectivity index (χ2v) is 7.94. The lowest BCUT2D eigenvalue weighted by molar-refractivity contribution is -0.120. The van der Waals surface area contributed by atoms with Crippen molar-refractivity contribution >= 4 is 45.8 Å². The number of hydrogen-bond donors (Lipinski definition) is 1. The zero-order valence-electron chi connectivity index (χ0n) is 17.3. The fourth-order valence-electron chi connectivity index (χ4n) is 3.61. The second-order valence-electron chi connectivity index (χ2n) is 6.99. The van der Waals surface area contributed by atoms with Crippen molar-refractivity contribution in [2.75, 3.05) is 28.2 Å². The van der Waals surface area contributed by atoms with Crippen molar-refractivity contribution in [2.24, 2.45) is 0 Å². The van der Waals surface area contributed by atoms with Crippen LogP contribution < -0.4 is 15.1 Å². The van der Waals surface area contributed by atoms with E-state index < -0.39 is 17.6 Å². The number of nitrogens with one attached hydrogen (secondary N) is 1. The number of nitrogens with zero attached hydrogens (tertiary/aromatic N) is 2. The van der Waals surface area contributed by atoms with Crippen molar-refractivity contribution in [3.63, 3.8) is 0 Å². The Morgan fingerprint density at radius 2 is 1.61 bits per heavy atom. The van der Waals surface area contributed by atoms with Crippen molar-refractivity contribution in [3.8, 4) is 0 Å². The number of carbonyl (C=O) groups is 2. The minimum absolute atomic E-state index is 0.215. The van der Waals surface area contributed by atoms with Gasteiger partial charge in [-0.3, -0.25) is 9.59 Å². The van der Waals surface area contributed by atoms with Crippen LogP contribution in [0.1, 0.15) is 18.7 Å². The van der Waals surface area contributed by atoms with Crippen LogP contribution in [0.25, 0.3) is 5.57 Å². The van der Waals surface area contributed by atoms with Gasteiger partial charge in [-0.15, -0.1) is 11.3 Å². The van der Waals surface area contributed by atoms with Gasteiger partial charge in [-0.05, 0) is 73.8 Å². The monoisotopic (exact) mass is 435 g/mol. The van der Waals surface area contributed by atoms with Crippen LogP contribution in [-0.4, -0.2) is 24.9 Å². The summed E-state index contributed by atoms with van der Waals surface area (Å²) in [4.78, 5) is 30.5. The Labute approximate surface area is 184 Å². The second kappa shape index (κ2) is 8.73. The maximum Gasteiger partial charge on any atom is 0.282 e. The summed E-state index contributed by atoms with van der Waals surface area (Å²) in [6.45, 7) is 5.99. The first-order chi connectivity index (χ1) is 15.0. The highest BCUT2D eigenvalue weighted by Crippen LogP contribution is 2.35. The molecule has 2 heterocycles. The fourth-order valence-corrected chi connectivity index (χ4v) is 4.38. The smallest absolute Gasteiger partial charge is 0.282 e. The lowest BCUT2D eigenvalue weighted by Gasteiger charge is -2.21. The number of rotatable bonds is 7. The van der Waals surface area contributed by atoms with E-state index in [0.29, 0.717) is 21.8 Å². The van der Waals surface area contributed by atoms with Gasteiger partial charge in [-0.2, -0.15) is 0 Å². The number of carbonyl (C=O) groups excluding carboxylic acids is 2. The normalized spacial score (nSPS) is 13.8. The van der Waals surface area contributed by atoms with E-state index in [2.05, 4.69) is 24.1 Å². The van der Waals surface area contributed by atoms with Gasteiger partial charge in [0.25, 0.3) is 11.8 Å². The van der Waals surface area contributed by atoms with Gasteiger partial charge >= 0.3 is 0 Å². The molecule has 0 radical (unpaired) electrons. The number of imide groups is 1. The summed E-state index contributed by atoms with van der Waals surface area (Å²) < 4.78 is 13.4. The highest BCUT2D eigenvalue weighted by molar-refractivity contribution is 7.11. The van der Waals surface area contributed by atoms with Crippen molar-refractivity contribution in [1.82, 2.24) is 0 Å². The number of amides is 2. The predicted molar refractivity (Wildman–Crippen MR) is 124 cm³/mol. The molecule has 0 saturated heterocycles. The first-order valence-electron chi connectivity index (χ1n) is 10.1. The predicted octanol–water partition coefficient (Wildman–Crippen LogP) is 5.13. The summed E-state index contributed by atoms with van der Waals surface area (Å²) in [5, 5.41) is 5.01. The minimum atomic E-state index is -0.465.